The van der Waals surface area contributed by atoms with Crippen molar-refractivity contribution < 1.29 is 14.3 Å². The molecule has 2 amide bonds. The molecular formula is C38H44BrClN6O3. The minimum absolute atomic E-state index is 0.101. The maximum absolute atomic E-state index is 14.9. The quantitative estimate of drug-likeness (QED) is 0.189. The van der Waals surface area contributed by atoms with Crippen molar-refractivity contribution in [1.82, 2.24) is 29.2 Å². The van der Waals surface area contributed by atoms with Crippen LogP contribution in [0.3, 0.4) is 0 Å². The first-order valence-electron chi connectivity index (χ1n) is 16.9. The number of aryl methyl sites for hydroxylation is 4. The van der Waals surface area contributed by atoms with Crippen LogP contribution < -0.4 is 0 Å². The first kappa shape index (κ1) is 35.1. The molecule has 2 aliphatic rings. The third-order valence-corrected chi connectivity index (χ3v) is 9.93. The number of rotatable bonds is 8. The number of benzene rings is 2. The Hall–Kier alpha value is -3.73. The zero-order chi connectivity index (χ0) is 34.7. The molecule has 3 heterocycles. The van der Waals surface area contributed by atoms with Gasteiger partial charge in [0, 0.05) is 67.4 Å². The lowest BCUT2D eigenvalue weighted by Gasteiger charge is -2.45. The molecule has 1 unspecified atom stereocenters. The van der Waals surface area contributed by atoms with Gasteiger partial charge in [-0.2, -0.15) is 0 Å². The number of pyridine rings is 1. The lowest BCUT2D eigenvalue weighted by atomic mass is 9.95. The second kappa shape index (κ2) is 15.0. The molecule has 2 aromatic carbocycles. The molecule has 0 N–H and O–H groups in total. The lowest BCUT2D eigenvalue weighted by Crippen LogP contribution is -2.62. The molecule has 1 saturated heterocycles. The summed E-state index contributed by atoms with van der Waals surface area (Å²) in [5.74, 6) is 0.835. The van der Waals surface area contributed by atoms with E-state index in [2.05, 4.69) is 42.5 Å². The highest BCUT2D eigenvalue weighted by molar-refractivity contribution is 9.10. The van der Waals surface area contributed by atoms with Crippen LogP contribution in [0.25, 0.3) is 0 Å². The Bertz CT molecular complexity index is 1740. The van der Waals surface area contributed by atoms with Gasteiger partial charge in [-0.1, -0.05) is 48.0 Å². The van der Waals surface area contributed by atoms with E-state index < -0.39 is 17.7 Å². The lowest BCUT2D eigenvalue weighted by molar-refractivity contribution is -0.140. The van der Waals surface area contributed by atoms with E-state index in [0.717, 1.165) is 58.5 Å². The maximum atomic E-state index is 14.9. The summed E-state index contributed by atoms with van der Waals surface area (Å²) in [6.45, 7) is 10.4. The van der Waals surface area contributed by atoms with Crippen LogP contribution in [0.2, 0.25) is 5.02 Å². The summed E-state index contributed by atoms with van der Waals surface area (Å²) in [5.41, 5.74) is 4.76. The molecule has 1 aliphatic carbocycles. The number of halogens is 2. The highest BCUT2D eigenvalue weighted by Crippen LogP contribution is 2.39. The predicted octanol–water partition coefficient (Wildman–Crippen LogP) is 7.23. The summed E-state index contributed by atoms with van der Waals surface area (Å²) >= 11 is 10.1. The van der Waals surface area contributed by atoms with Gasteiger partial charge in [-0.15, -0.1) is 0 Å². The van der Waals surface area contributed by atoms with E-state index in [1.807, 2.05) is 87.5 Å². The number of aromatic nitrogens is 3. The Balaban J connectivity index is 1.36. The predicted molar refractivity (Wildman–Crippen MR) is 194 cm³/mol. The van der Waals surface area contributed by atoms with Gasteiger partial charge in [0.25, 0.3) is 0 Å². The normalized spacial score (nSPS) is 18.0. The van der Waals surface area contributed by atoms with Crippen molar-refractivity contribution in [1.29, 1.82) is 0 Å². The first-order valence-corrected chi connectivity index (χ1v) is 18.1. The highest BCUT2D eigenvalue weighted by Gasteiger charge is 2.43. The number of fused-ring (bicyclic) bond motifs is 2. The third kappa shape index (κ3) is 8.36. The Labute approximate surface area is 302 Å². The molecule has 6 rings (SSSR count). The van der Waals surface area contributed by atoms with Crippen molar-refractivity contribution in [2.45, 2.75) is 77.7 Å². The number of amides is 2. The van der Waals surface area contributed by atoms with Crippen molar-refractivity contribution in [3.63, 3.8) is 0 Å². The van der Waals surface area contributed by atoms with Crippen LogP contribution in [0, 0.1) is 6.92 Å². The van der Waals surface area contributed by atoms with Gasteiger partial charge in [0.15, 0.2) is 0 Å². The fourth-order valence-electron chi connectivity index (χ4n) is 6.92. The smallest absolute Gasteiger partial charge is 0.411 e. The Morgan fingerprint density at radius 2 is 1.82 bits per heavy atom. The van der Waals surface area contributed by atoms with E-state index in [-0.39, 0.29) is 11.9 Å². The standard InChI is InChI=1S/C38H44BrClN6O3/c1-26-41-15-18-43(26)16-8-17-45(24-27-9-6-5-7-10-27)36(47)33-25-44(19-20-46(33)37(48)49-38(2,3)4)35-32-14-13-31(40)22-28(32)11-12-29-21-30(39)23-42-34(29)35/h5-7,9-10,13-15,18,21-23,33,35H,8,11-12,16-17,19-20,24-25H2,1-4H3/t33-,35?/m1/s1. The van der Waals surface area contributed by atoms with E-state index in [9.17, 15) is 9.59 Å². The molecule has 11 heteroatoms. The first-order chi connectivity index (χ1) is 23.5. The van der Waals surface area contributed by atoms with E-state index >= 15 is 0 Å². The van der Waals surface area contributed by atoms with Gasteiger partial charge in [0.05, 0.1) is 11.7 Å². The average molecular weight is 748 g/mol. The van der Waals surface area contributed by atoms with Gasteiger partial charge in [-0.3, -0.25) is 19.6 Å². The molecule has 1 fully saturated rings. The minimum Gasteiger partial charge on any atom is -0.444 e. The van der Waals surface area contributed by atoms with Crippen molar-refractivity contribution >= 4 is 39.5 Å². The Morgan fingerprint density at radius 1 is 1.04 bits per heavy atom. The number of hydrogen-bond acceptors (Lipinski definition) is 6. The number of imidazole rings is 1. The number of piperazine rings is 1. The Kier molecular flexibility index (Phi) is 10.8. The van der Waals surface area contributed by atoms with Crippen LogP contribution in [0.4, 0.5) is 4.79 Å². The molecule has 258 valence electrons. The minimum atomic E-state index is -0.764. The second-order valence-corrected chi connectivity index (χ2v) is 15.2. The molecular weight excluding hydrogens is 704 g/mol. The second-order valence-electron chi connectivity index (χ2n) is 13.9. The number of nitrogens with zero attached hydrogens (tertiary/aromatic N) is 6. The van der Waals surface area contributed by atoms with Gasteiger partial charge < -0.3 is 14.2 Å². The maximum Gasteiger partial charge on any atom is 0.411 e. The fourth-order valence-corrected chi connectivity index (χ4v) is 7.50. The van der Waals surface area contributed by atoms with Crippen molar-refractivity contribution in [2.24, 2.45) is 0 Å². The molecule has 0 spiro atoms. The molecule has 2 atom stereocenters. The average Bonchev–Trinajstić information content (AvgIpc) is 3.40. The largest absolute Gasteiger partial charge is 0.444 e. The van der Waals surface area contributed by atoms with Crippen LogP contribution in [0.15, 0.2) is 77.7 Å². The molecule has 1 aliphatic heterocycles. The summed E-state index contributed by atoms with van der Waals surface area (Å²) in [6, 6.07) is 17.3. The molecule has 9 nitrogen and oxygen atoms in total. The van der Waals surface area contributed by atoms with Crippen LogP contribution in [0.1, 0.15) is 67.0 Å². The van der Waals surface area contributed by atoms with Crippen LogP contribution >= 0.6 is 27.5 Å². The zero-order valence-corrected chi connectivity index (χ0v) is 31.0. The van der Waals surface area contributed by atoms with Gasteiger partial charge in [-0.25, -0.2) is 9.78 Å². The van der Waals surface area contributed by atoms with Crippen molar-refractivity contribution in [2.75, 3.05) is 26.2 Å². The monoisotopic (exact) mass is 746 g/mol. The fraction of sp³-hybridized carbons (Fsp3) is 0.421. The van der Waals surface area contributed by atoms with Gasteiger partial charge >= 0.3 is 6.09 Å². The van der Waals surface area contributed by atoms with Gasteiger partial charge in [-0.05, 0) is 103 Å². The van der Waals surface area contributed by atoms with Crippen LogP contribution in [0.5, 0.6) is 0 Å². The van der Waals surface area contributed by atoms with Crippen LogP contribution in [-0.4, -0.2) is 79.1 Å². The molecule has 0 bridgehead atoms. The van der Waals surface area contributed by atoms with E-state index in [0.29, 0.717) is 37.7 Å². The van der Waals surface area contributed by atoms with E-state index in [4.69, 9.17) is 21.3 Å². The van der Waals surface area contributed by atoms with Crippen molar-refractivity contribution in [3.8, 4) is 0 Å². The number of carbonyl (C=O) groups excluding carboxylic acids is 2. The van der Waals surface area contributed by atoms with Crippen molar-refractivity contribution in [3.05, 3.63) is 116 Å². The molecule has 2 aromatic heterocycles. The van der Waals surface area contributed by atoms with Gasteiger partial charge in [0.2, 0.25) is 5.91 Å². The summed E-state index contributed by atoms with van der Waals surface area (Å²) in [6.07, 6.45) is 7.52. The molecule has 0 radical (unpaired) electrons. The van der Waals surface area contributed by atoms with Crippen LogP contribution in [-0.2, 0) is 35.5 Å². The molecule has 49 heavy (non-hydrogen) atoms. The summed E-state index contributed by atoms with van der Waals surface area (Å²) < 4.78 is 8.92. The van der Waals surface area contributed by atoms with E-state index in [1.165, 1.54) is 5.56 Å². The summed E-state index contributed by atoms with van der Waals surface area (Å²) in [7, 11) is 0. The molecule has 4 aromatic rings. The SMILES string of the molecule is Cc1nccn1CCCN(Cc1ccccc1)C(=O)[C@H]1CN(C2c3ccc(Cl)cc3CCc3cc(Br)cnc32)CCN1C(=O)OC(C)(C)C. The third-order valence-electron chi connectivity index (χ3n) is 9.26. The zero-order valence-electron chi connectivity index (χ0n) is 28.6. The Morgan fingerprint density at radius 3 is 2.55 bits per heavy atom. The molecule has 0 saturated carbocycles. The topological polar surface area (TPSA) is 83.8 Å². The summed E-state index contributed by atoms with van der Waals surface area (Å²) in [5, 5.41) is 0.697. The summed E-state index contributed by atoms with van der Waals surface area (Å²) in [4.78, 5) is 43.9. The highest BCUT2D eigenvalue weighted by atomic mass is 79.9. The van der Waals surface area contributed by atoms with E-state index in [1.54, 1.807) is 11.1 Å². The number of ether oxygens (including phenoxy) is 1. The van der Waals surface area contributed by atoms with Gasteiger partial charge in [0.1, 0.15) is 17.5 Å². The number of carbonyl (C=O) groups is 2. The number of hydrogen-bond donors (Lipinski definition) is 0.